The summed E-state index contributed by atoms with van der Waals surface area (Å²) in [4.78, 5) is 16.5. The van der Waals surface area contributed by atoms with Gasteiger partial charge in [0.1, 0.15) is 5.60 Å². The molecule has 1 aliphatic rings. The van der Waals surface area contributed by atoms with Gasteiger partial charge in [0.05, 0.1) is 0 Å². The van der Waals surface area contributed by atoms with Crippen LogP contribution in [0.25, 0.3) is 0 Å². The van der Waals surface area contributed by atoms with E-state index in [4.69, 9.17) is 4.74 Å². The molecule has 1 aromatic rings. The first-order valence-electron chi connectivity index (χ1n) is 8.04. The zero-order valence-corrected chi connectivity index (χ0v) is 14.4. The van der Waals surface area contributed by atoms with Crippen molar-refractivity contribution in [3.05, 3.63) is 35.9 Å². The third-order valence-corrected chi connectivity index (χ3v) is 3.96. The summed E-state index contributed by atoms with van der Waals surface area (Å²) in [5, 5.41) is 0. The van der Waals surface area contributed by atoms with Gasteiger partial charge in [0.25, 0.3) is 0 Å². The molecular formula is C18H28N2O2. The van der Waals surface area contributed by atoms with E-state index in [0.717, 1.165) is 6.54 Å². The summed E-state index contributed by atoms with van der Waals surface area (Å²) >= 11 is 0. The quantitative estimate of drug-likeness (QED) is 0.838. The lowest BCUT2D eigenvalue weighted by molar-refractivity contribution is -0.00966. The van der Waals surface area contributed by atoms with Crippen molar-refractivity contribution in [1.82, 2.24) is 9.80 Å². The van der Waals surface area contributed by atoms with Gasteiger partial charge in [-0.25, -0.2) is 4.79 Å². The molecular weight excluding hydrogens is 276 g/mol. The minimum Gasteiger partial charge on any atom is -0.444 e. The van der Waals surface area contributed by atoms with E-state index < -0.39 is 5.60 Å². The predicted molar refractivity (Wildman–Crippen MR) is 88.7 cm³/mol. The summed E-state index contributed by atoms with van der Waals surface area (Å²) < 4.78 is 5.50. The van der Waals surface area contributed by atoms with Crippen LogP contribution in [0, 0.1) is 0 Å². The summed E-state index contributed by atoms with van der Waals surface area (Å²) in [5.41, 5.74) is 0.872. The van der Waals surface area contributed by atoms with Crippen LogP contribution in [0.15, 0.2) is 30.3 Å². The van der Waals surface area contributed by atoms with E-state index in [-0.39, 0.29) is 6.09 Å². The lowest BCUT2D eigenvalue weighted by Crippen LogP contribution is -2.58. The molecule has 0 N–H and O–H groups in total. The van der Waals surface area contributed by atoms with Crippen LogP contribution in [0.1, 0.15) is 40.2 Å². The van der Waals surface area contributed by atoms with Gasteiger partial charge in [0, 0.05) is 31.7 Å². The Labute approximate surface area is 134 Å². The van der Waals surface area contributed by atoms with Crippen molar-refractivity contribution in [3.63, 3.8) is 0 Å². The Bertz CT molecular complexity index is 484. The number of rotatable bonds is 2. The number of carbonyl (C=O) groups is 1. The minimum atomic E-state index is -0.440. The maximum Gasteiger partial charge on any atom is 0.410 e. The van der Waals surface area contributed by atoms with Gasteiger partial charge < -0.3 is 9.64 Å². The van der Waals surface area contributed by atoms with E-state index in [2.05, 4.69) is 43.0 Å². The summed E-state index contributed by atoms with van der Waals surface area (Å²) in [7, 11) is 0. The molecule has 1 saturated heterocycles. The second kappa shape index (κ2) is 6.69. The number of carbonyl (C=O) groups excluding carboxylic acids is 1. The fourth-order valence-corrected chi connectivity index (χ4v) is 2.94. The van der Waals surface area contributed by atoms with Crippen LogP contribution >= 0.6 is 0 Å². The van der Waals surface area contributed by atoms with E-state index >= 15 is 0 Å². The van der Waals surface area contributed by atoms with Crippen molar-refractivity contribution in [2.24, 2.45) is 0 Å². The van der Waals surface area contributed by atoms with Gasteiger partial charge in [-0.1, -0.05) is 30.3 Å². The molecule has 0 saturated carbocycles. The van der Waals surface area contributed by atoms with Crippen molar-refractivity contribution in [2.45, 2.75) is 58.8 Å². The smallest absolute Gasteiger partial charge is 0.410 e. The van der Waals surface area contributed by atoms with Gasteiger partial charge in [-0.2, -0.15) is 0 Å². The highest BCUT2D eigenvalue weighted by molar-refractivity contribution is 5.68. The molecule has 122 valence electrons. The van der Waals surface area contributed by atoms with E-state index in [1.807, 2.05) is 31.7 Å². The number of amides is 1. The second-order valence-corrected chi connectivity index (χ2v) is 7.24. The second-order valence-electron chi connectivity index (χ2n) is 7.24. The molecule has 0 spiro atoms. The Kier molecular flexibility index (Phi) is 5.12. The van der Waals surface area contributed by atoms with Crippen LogP contribution in [0.5, 0.6) is 0 Å². The third-order valence-electron chi connectivity index (χ3n) is 3.96. The minimum absolute atomic E-state index is 0.203. The number of hydrogen-bond donors (Lipinski definition) is 0. The molecule has 1 aliphatic heterocycles. The summed E-state index contributed by atoms with van der Waals surface area (Å²) in [6.07, 6.45) is -0.203. The maximum atomic E-state index is 12.3. The number of benzene rings is 1. The number of hydrogen-bond acceptors (Lipinski definition) is 3. The van der Waals surface area contributed by atoms with Gasteiger partial charge in [-0.3, -0.25) is 4.90 Å². The number of piperazine rings is 1. The Morgan fingerprint density at radius 3 is 2.18 bits per heavy atom. The molecule has 1 fully saturated rings. The van der Waals surface area contributed by atoms with Crippen molar-refractivity contribution in [1.29, 1.82) is 0 Å². The fraction of sp³-hybridized carbons (Fsp3) is 0.611. The molecule has 0 aromatic heterocycles. The molecule has 2 rings (SSSR count). The predicted octanol–water partition coefficient (Wildman–Crippen LogP) is 3.52. The molecule has 2 atom stereocenters. The van der Waals surface area contributed by atoms with Crippen molar-refractivity contribution in [3.8, 4) is 0 Å². The zero-order chi connectivity index (χ0) is 16.3. The van der Waals surface area contributed by atoms with Gasteiger partial charge in [0.2, 0.25) is 0 Å². The van der Waals surface area contributed by atoms with E-state index in [9.17, 15) is 4.79 Å². The van der Waals surface area contributed by atoms with Crippen LogP contribution in [0.3, 0.4) is 0 Å². The van der Waals surface area contributed by atoms with Crippen molar-refractivity contribution < 1.29 is 9.53 Å². The van der Waals surface area contributed by atoms with Crippen molar-refractivity contribution in [2.75, 3.05) is 13.1 Å². The Hall–Kier alpha value is -1.55. The molecule has 0 bridgehead atoms. The molecule has 1 aromatic carbocycles. The number of nitrogens with zero attached hydrogens (tertiary/aromatic N) is 2. The average Bonchev–Trinajstić information content (AvgIpc) is 2.42. The van der Waals surface area contributed by atoms with Crippen LogP contribution in [0.2, 0.25) is 0 Å². The Balaban J connectivity index is 1.98. The first-order chi connectivity index (χ1) is 10.3. The monoisotopic (exact) mass is 304 g/mol. The fourth-order valence-electron chi connectivity index (χ4n) is 2.94. The lowest BCUT2D eigenvalue weighted by atomic mass is 10.1. The van der Waals surface area contributed by atoms with Gasteiger partial charge in [-0.15, -0.1) is 0 Å². The summed E-state index contributed by atoms with van der Waals surface area (Å²) in [6, 6.07) is 11.1. The van der Waals surface area contributed by atoms with Crippen LogP contribution < -0.4 is 0 Å². The Morgan fingerprint density at radius 1 is 1.14 bits per heavy atom. The zero-order valence-electron chi connectivity index (χ0n) is 14.4. The standard InChI is InChI=1S/C18H28N2O2/c1-14-11-19(17(21)22-18(3,4)5)12-15(2)20(14)13-16-9-7-6-8-10-16/h6-10,14-15H,11-13H2,1-5H3/t14-,15+. The van der Waals surface area contributed by atoms with E-state index in [1.54, 1.807) is 0 Å². The van der Waals surface area contributed by atoms with E-state index in [0.29, 0.717) is 25.2 Å². The first-order valence-corrected chi connectivity index (χ1v) is 8.04. The first kappa shape index (κ1) is 16.8. The third kappa shape index (κ3) is 4.47. The molecule has 4 nitrogen and oxygen atoms in total. The maximum absolute atomic E-state index is 12.3. The van der Waals surface area contributed by atoms with E-state index in [1.165, 1.54) is 5.56 Å². The molecule has 1 amide bonds. The SMILES string of the molecule is C[C@@H]1CN(C(=O)OC(C)(C)C)C[C@H](C)N1Cc1ccccc1. The topological polar surface area (TPSA) is 32.8 Å². The summed E-state index contributed by atoms with van der Waals surface area (Å²) in [5.74, 6) is 0. The van der Waals surface area contributed by atoms with Crippen LogP contribution in [-0.2, 0) is 11.3 Å². The van der Waals surface area contributed by atoms with Crippen molar-refractivity contribution >= 4 is 6.09 Å². The molecule has 4 heteroatoms. The van der Waals surface area contributed by atoms with Crippen LogP contribution in [0.4, 0.5) is 4.79 Å². The number of ether oxygens (including phenoxy) is 1. The van der Waals surface area contributed by atoms with Crippen LogP contribution in [-0.4, -0.2) is 46.7 Å². The molecule has 1 heterocycles. The van der Waals surface area contributed by atoms with Gasteiger partial charge >= 0.3 is 6.09 Å². The Morgan fingerprint density at radius 2 is 1.68 bits per heavy atom. The van der Waals surface area contributed by atoms with Gasteiger partial charge in [-0.05, 0) is 40.2 Å². The highest BCUT2D eigenvalue weighted by Crippen LogP contribution is 2.21. The lowest BCUT2D eigenvalue weighted by Gasteiger charge is -2.44. The highest BCUT2D eigenvalue weighted by Gasteiger charge is 2.33. The normalized spacial score (nSPS) is 23.4. The highest BCUT2D eigenvalue weighted by atomic mass is 16.6. The summed E-state index contributed by atoms with van der Waals surface area (Å²) in [6.45, 7) is 12.4. The van der Waals surface area contributed by atoms with Gasteiger partial charge in [0.15, 0.2) is 0 Å². The molecule has 22 heavy (non-hydrogen) atoms. The molecule has 0 aliphatic carbocycles. The largest absolute Gasteiger partial charge is 0.444 e. The average molecular weight is 304 g/mol. The molecule has 0 unspecified atom stereocenters. The molecule has 0 radical (unpaired) electrons.